The first-order chi connectivity index (χ1) is 7.04. The van der Waals surface area contributed by atoms with Crippen LogP contribution < -0.4 is 10.5 Å². The Morgan fingerprint density at radius 2 is 2.00 bits per heavy atom. The first-order valence-corrected chi connectivity index (χ1v) is 5.93. The molecule has 2 nitrogen and oxygen atoms in total. The Hall–Kier alpha value is -0.250. The molecule has 1 aromatic carbocycles. The van der Waals surface area contributed by atoms with E-state index in [1.54, 1.807) is 7.11 Å². The number of nitrogens with two attached hydrogens (primary N) is 1. The average molecular weight is 309 g/mol. The Kier molecular flexibility index (Phi) is 7.04. The molecule has 0 fully saturated rings. The van der Waals surface area contributed by atoms with Crippen molar-refractivity contribution in [3.8, 4) is 5.75 Å². The number of ether oxygens (including phenoxy) is 1. The van der Waals surface area contributed by atoms with E-state index in [-0.39, 0.29) is 18.4 Å². The summed E-state index contributed by atoms with van der Waals surface area (Å²) in [6, 6.07) is 5.98. The molecule has 1 aromatic rings. The van der Waals surface area contributed by atoms with Gasteiger partial charge in [-0.3, -0.25) is 0 Å². The van der Waals surface area contributed by atoms with Gasteiger partial charge in [-0.05, 0) is 30.5 Å². The summed E-state index contributed by atoms with van der Waals surface area (Å²) in [7, 11) is 1.68. The van der Waals surface area contributed by atoms with Gasteiger partial charge < -0.3 is 10.5 Å². The van der Waals surface area contributed by atoms with Gasteiger partial charge in [-0.1, -0.05) is 29.8 Å². The lowest BCUT2D eigenvalue weighted by Crippen LogP contribution is -2.14. The molecular formula is C12H19BrClNO. The van der Waals surface area contributed by atoms with E-state index < -0.39 is 0 Å². The largest absolute Gasteiger partial charge is 0.496 e. The molecular weight excluding hydrogens is 289 g/mol. The van der Waals surface area contributed by atoms with E-state index in [1.807, 2.05) is 18.2 Å². The molecule has 0 saturated carbocycles. The minimum Gasteiger partial charge on any atom is -0.496 e. The summed E-state index contributed by atoms with van der Waals surface area (Å²) in [6.45, 7) is 4.34. The zero-order valence-electron chi connectivity index (χ0n) is 9.87. The van der Waals surface area contributed by atoms with Crippen molar-refractivity contribution in [2.24, 2.45) is 11.7 Å². The molecule has 92 valence electrons. The monoisotopic (exact) mass is 307 g/mol. The lowest BCUT2D eigenvalue weighted by atomic mass is 9.97. The summed E-state index contributed by atoms with van der Waals surface area (Å²) in [6.07, 6.45) is 0.965. The number of hydrogen-bond acceptors (Lipinski definition) is 2. The van der Waals surface area contributed by atoms with Gasteiger partial charge in [0, 0.05) is 16.1 Å². The van der Waals surface area contributed by atoms with Crippen molar-refractivity contribution in [3.05, 3.63) is 28.2 Å². The average Bonchev–Trinajstić information content (AvgIpc) is 2.16. The van der Waals surface area contributed by atoms with Gasteiger partial charge in [-0.25, -0.2) is 0 Å². The Morgan fingerprint density at radius 3 is 2.50 bits per heavy atom. The van der Waals surface area contributed by atoms with Gasteiger partial charge in [0.1, 0.15) is 5.75 Å². The molecule has 0 heterocycles. The molecule has 0 aliphatic carbocycles. The van der Waals surface area contributed by atoms with Gasteiger partial charge in [0.05, 0.1) is 7.11 Å². The van der Waals surface area contributed by atoms with Crippen molar-refractivity contribution < 1.29 is 4.74 Å². The highest BCUT2D eigenvalue weighted by Gasteiger charge is 2.13. The van der Waals surface area contributed by atoms with E-state index in [0.29, 0.717) is 5.92 Å². The fraction of sp³-hybridized carbons (Fsp3) is 0.500. The fourth-order valence-corrected chi connectivity index (χ4v) is 2.01. The smallest absolute Gasteiger partial charge is 0.123 e. The van der Waals surface area contributed by atoms with Gasteiger partial charge in [-0.15, -0.1) is 12.4 Å². The molecule has 16 heavy (non-hydrogen) atoms. The van der Waals surface area contributed by atoms with Crippen LogP contribution in [0.3, 0.4) is 0 Å². The third-order valence-corrected chi connectivity index (χ3v) is 2.81. The van der Waals surface area contributed by atoms with Crippen LogP contribution in [-0.4, -0.2) is 7.11 Å². The summed E-state index contributed by atoms with van der Waals surface area (Å²) in [5.74, 6) is 1.45. The molecule has 1 atom stereocenters. The van der Waals surface area contributed by atoms with Crippen molar-refractivity contribution in [1.82, 2.24) is 0 Å². The number of hydrogen-bond donors (Lipinski definition) is 1. The van der Waals surface area contributed by atoms with Gasteiger partial charge in [0.15, 0.2) is 0 Å². The van der Waals surface area contributed by atoms with Gasteiger partial charge in [0.25, 0.3) is 0 Å². The summed E-state index contributed by atoms with van der Waals surface area (Å²) in [4.78, 5) is 0. The van der Waals surface area contributed by atoms with Crippen LogP contribution in [0.2, 0.25) is 0 Å². The van der Waals surface area contributed by atoms with Crippen LogP contribution in [0, 0.1) is 5.92 Å². The molecule has 0 amide bonds. The van der Waals surface area contributed by atoms with E-state index in [9.17, 15) is 0 Å². The van der Waals surface area contributed by atoms with E-state index in [4.69, 9.17) is 10.5 Å². The van der Waals surface area contributed by atoms with Crippen molar-refractivity contribution in [2.75, 3.05) is 7.11 Å². The van der Waals surface area contributed by atoms with Crippen molar-refractivity contribution in [1.29, 1.82) is 0 Å². The van der Waals surface area contributed by atoms with Crippen LogP contribution >= 0.6 is 28.3 Å². The van der Waals surface area contributed by atoms with E-state index in [1.165, 1.54) is 0 Å². The highest BCUT2D eigenvalue weighted by atomic mass is 79.9. The molecule has 2 N–H and O–H groups in total. The van der Waals surface area contributed by atoms with Crippen LogP contribution in [-0.2, 0) is 0 Å². The molecule has 0 radical (unpaired) electrons. The van der Waals surface area contributed by atoms with E-state index in [2.05, 4.69) is 29.8 Å². The molecule has 0 aromatic heterocycles. The highest BCUT2D eigenvalue weighted by molar-refractivity contribution is 9.10. The maximum Gasteiger partial charge on any atom is 0.123 e. The van der Waals surface area contributed by atoms with Crippen LogP contribution in [0.4, 0.5) is 0 Å². The summed E-state index contributed by atoms with van der Waals surface area (Å²) >= 11 is 3.45. The molecule has 0 aliphatic heterocycles. The van der Waals surface area contributed by atoms with Crippen molar-refractivity contribution in [3.63, 3.8) is 0 Å². The van der Waals surface area contributed by atoms with E-state index >= 15 is 0 Å². The summed E-state index contributed by atoms with van der Waals surface area (Å²) < 4.78 is 6.34. The number of methoxy groups -OCH3 is 1. The first-order valence-electron chi connectivity index (χ1n) is 5.13. The second-order valence-electron chi connectivity index (χ2n) is 4.12. The fourth-order valence-electron chi connectivity index (χ4n) is 1.63. The predicted molar refractivity (Wildman–Crippen MR) is 74.3 cm³/mol. The van der Waals surface area contributed by atoms with Gasteiger partial charge in [0.2, 0.25) is 0 Å². The Morgan fingerprint density at radius 1 is 1.38 bits per heavy atom. The zero-order chi connectivity index (χ0) is 11.4. The Labute approximate surface area is 112 Å². The molecule has 4 heteroatoms. The number of benzene rings is 1. The summed E-state index contributed by atoms with van der Waals surface area (Å²) in [5, 5.41) is 0. The zero-order valence-corrected chi connectivity index (χ0v) is 12.3. The molecule has 1 rings (SSSR count). The molecule has 0 spiro atoms. The number of halogens is 2. The minimum absolute atomic E-state index is 0. The van der Waals surface area contributed by atoms with Crippen molar-refractivity contribution >= 4 is 28.3 Å². The Bertz CT molecular complexity index is 331. The topological polar surface area (TPSA) is 35.2 Å². The molecule has 0 bridgehead atoms. The normalized spacial score (nSPS) is 12.1. The lowest BCUT2D eigenvalue weighted by molar-refractivity contribution is 0.399. The van der Waals surface area contributed by atoms with Crippen LogP contribution in [0.5, 0.6) is 5.75 Å². The second-order valence-corrected chi connectivity index (χ2v) is 5.04. The maximum absolute atomic E-state index is 6.14. The third kappa shape index (κ3) is 4.32. The predicted octanol–water partition coefficient (Wildman–Crippen LogP) is 3.93. The van der Waals surface area contributed by atoms with Crippen LogP contribution in [0.15, 0.2) is 22.7 Å². The second kappa shape index (κ2) is 7.15. The molecule has 0 aliphatic rings. The quantitative estimate of drug-likeness (QED) is 0.915. The first kappa shape index (κ1) is 15.8. The maximum atomic E-state index is 6.14. The number of rotatable bonds is 4. The minimum atomic E-state index is 0. The SMILES string of the molecule is COc1ccc(Br)cc1[C@H](N)CC(C)C.Cl. The van der Waals surface area contributed by atoms with Gasteiger partial charge >= 0.3 is 0 Å². The van der Waals surface area contributed by atoms with Crippen LogP contribution in [0.1, 0.15) is 31.9 Å². The summed E-state index contributed by atoms with van der Waals surface area (Å²) in [5.41, 5.74) is 7.21. The lowest BCUT2D eigenvalue weighted by Gasteiger charge is -2.17. The van der Waals surface area contributed by atoms with Crippen molar-refractivity contribution in [2.45, 2.75) is 26.3 Å². The van der Waals surface area contributed by atoms with Gasteiger partial charge in [-0.2, -0.15) is 0 Å². The van der Waals surface area contributed by atoms with Crippen LogP contribution in [0.25, 0.3) is 0 Å². The highest BCUT2D eigenvalue weighted by Crippen LogP contribution is 2.30. The standard InChI is InChI=1S/C12H18BrNO.ClH/c1-8(2)6-11(14)10-7-9(13)4-5-12(10)15-3;/h4-5,7-8,11H,6,14H2,1-3H3;1H/t11-;/m1./s1. The Balaban J connectivity index is 0.00000225. The molecule has 0 unspecified atom stereocenters. The molecule has 0 saturated heterocycles. The van der Waals surface area contributed by atoms with E-state index in [0.717, 1.165) is 22.2 Å². The third-order valence-electron chi connectivity index (χ3n) is 2.32.